The molecule has 0 aliphatic carbocycles. The quantitative estimate of drug-likeness (QED) is 0.133. The van der Waals surface area contributed by atoms with Crippen LogP contribution in [0.25, 0.3) is 11.0 Å². The van der Waals surface area contributed by atoms with Gasteiger partial charge in [-0.1, -0.05) is 96.8 Å². The van der Waals surface area contributed by atoms with E-state index in [0.717, 1.165) is 37.8 Å². The van der Waals surface area contributed by atoms with Crippen molar-refractivity contribution in [3.63, 3.8) is 0 Å². The van der Waals surface area contributed by atoms with Crippen molar-refractivity contribution in [2.75, 3.05) is 0 Å². The second-order valence-electron chi connectivity index (χ2n) is 10.1. The number of aromatic nitrogens is 2. The largest absolute Gasteiger partial charge is 1.00 e. The van der Waals surface area contributed by atoms with Gasteiger partial charge in [0.15, 0.2) is 5.82 Å². The van der Waals surface area contributed by atoms with Gasteiger partial charge in [-0.25, -0.2) is 26.5 Å². The van der Waals surface area contributed by atoms with Crippen LogP contribution in [-0.4, -0.2) is 41.3 Å². The molecule has 0 bridgehead atoms. The van der Waals surface area contributed by atoms with Crippen molar-refractivity contribution in [2.45, 2.75) is 120 Å². The van der Waals surface area contributed by atoms with Crippen LogP contribution in [-0.2, 0) is 20.2 Å². The summed E-state index contributed by atoms with van der Waals surface area (Å²) in [6.07, 6.45) is 18.7. The Labute approximate surface area is 278 Å². The molecule has 1 atom stereocenters. The Bertz CT molecular complexity index is 1280. The topological polar surface area (TPSA) is 145 Å². The van der Waals surface area contributed by atoms with Gasteiger partial charge in [0.25, 0.3) is 0 Å². The fraction of sp³-hybridized carbons (Fsp3) is 0.692. The molecular weight excluding hydrogens is 560 g/mol. The minimum atomic E-state index is -4.77. The van der Waals surface area contributed by atoms with Crippen LogP contribution in [0.2, 0.25) is 0 Å². The first-order chi connectivity index (χ1) is 17.6. The Kier molecular flexibility index (Phi) is 17.2. The number of benzene rings is 1. The second-order valence-corrected chi connectivity index (χ2v) is 12.9. The van der Waals surface area contributed by atoms with Crippen molar-refractivity contribution in [3.05, 3.63) is 24.0 Å². The predicted molar refractivity (Wildman–Crippen MR) is 143 cm³/mol. The summed E-state index contributed by atoms with van der Waals surface area (Å²) in [5, 5.41) is 2.85. The van der Waals surface area contributed by atoms with Gasteiger partial charge in [0.05, 0.1) is 21.6 Å². The zero-order valence-electron chi connectivity index (χ0n) is 23.7. The Balaban J connectivity index is 0.00000380. The maximum Gasteiger partial charge on any atom is 1.00 e. The molecule has 39 heavy (non-hydrogen) atoms. The van der Waals surface area contributed by atoms with E-state index in [0.29, 0.717) is 11.9 Å². The zero-order valence-corrected chi connectivity index (χ0v) is 29.4. The molecule has 208 valence electrons. The molecule has 0 radical (unpaired) electrons. The fourth-order valence-corrected chi connectivity index (χ4v) is 6.38. The minimum absolute atomic E-state index is 0. The minimum Gasteiger partial charge on any atom is -0.747 e. The van der Waals surface area contributed by atoms with Crippen molar-refractivity contribution in [2.24, 2.45) is 5.10 Å². The van der Waals surface area contributed by atoms with Gasteiger partial charge in [0, 0.05) is 0 Å². The van der Waals surface area contributed by atoms with E-state index in [1.165, 1.54) is 81.4 Å². The van der Waals surface area contributed by atoms with E-state index < -0.39 is 30.4 Å². The van der Waals surface area contributed by atoms with Gasteiger partial charge in [-0.3, -0.25) is 0 Å². The number of imidazole rings is 1. The number of rotatable bonds is 18. The number of hydrogen-bond acceptors (Lipinski definition) is 8. The van der Waals surface area contributed by atoms with Gasteiger partial charge in [0.1, 0.15) is 25.5 Å². The van der Waals surface area contributed by atoms with Crippen LogP contribution in [0.4, 0.5) is 0 Å². The van der Waals surface area contributed by atoms with Crippen LogP contribution in [0.1, 0.15) is 121 Å². The summed E-state index contributed by atoms with van der Waals surface area (Å²) in [5.74, 6) is -0.0543. The van der Waals surface area contributed by atoms with Crippen LogP contribution >= 0.6 is 0 Å². The second kappa shape index (κ2) is 18.0. The normalized spacial score (nSPS) is 15.1. The third-order valence-corrected chi connectivity index (χ3v) is 8.90. The average Bonchev–Trinajstić information content (AvgIpc) is 3.35. The van der Waals surface area contributed by atoms with E-state index in [2.05, 4.69) is 17.0 Å². The summed E-state index contributed by atoms with van der Waals surface area (Å²) in [6.45, 7) is 2.24. The van der Waals surface area contributed by atoms with E-state index >= 15 is 0 Å². The molecule has 1 aromatic carbocycles. The summed E-state index contributed by atoms with van der Waals surface area (Å²) in [4.78, 5) is 3.68. The first kappa shape index (κ1) is 37.2. The molecule has 0 saturated carbocycles. The summed E-state index contributed by atoms with van der Waals surface area (Å²) < 4.78 is 71.2. The molecule has 2 aromatic rings. The zero-order chi connectivity index (χ0) is 26.9. The number of nitrogens with zero attached hydrogens (tertiary/aromatic N) is 3. The van der Waals surface area contributed by atoms with Crippen LogP contribution in [0.5, 0.6) is 0 Å². The van der Waals surface area contributed by atoms with E-state index in [9.17, 15) is 25.9 Å². The SMILES string of the molecule is CCCCCCCCCCCCCCCCCC1=Nn2c(nc3cc(S(=O)(=O)[O-])ccc32)C1S(=O)(=O)[O-].[Na+].[Na+]. The molecule has 0 fully saturated rings. The first-order valence-corrected chi connectivity index (χ1v) is 16.5. The summed E-state index contributed by atoms with van der Waals surface area (Å²) in [5.41, 5.74) is 0.715. The summed E-state index contributed by atoms with van der Waals surface area (Å²) >= 11 is 0. The van der Waals surface area contributed by atoms with Crippen molar-refractivity contribution in [1.82, 2.24) is 9.66 Å². The van der Waals surface area contributed by atoms with E-state index in [1.807, 2.05) is 0 Å². The van der Waals surface area contributed by atoms with Crippen LogP contribution in [0, 0.1) is 0 Å². The Morgan fingerprint density at radius 1 is 0.769 bits per heavy atom. The Hall–Kier alpha value is 0.180. The molecule has 2 heterocycles. The van der Waals surface area contributed by atoms with Crippen LogP contribution in [0.3, 0.4) is 0 Å². The molecule has 1 aliphatic heterocycles. The van der Waals surface area contributed by atoms with Gasteiger partial charge in [-0.2, -0.15) is 5.10 Å². The molecule has 0 saturated heterocycles. The standard InChI is InChI=1S/C26H41N3O6S2.2Na/c1-2-3-4-5-6-7-8-9-10-11-12-13-14-15-16-17-22-25(37(33,34)35)26-27-23-20-21(36(30,31)32)18-19-24(23)29(26)28-22;;/h18-20,25H,2-17H2,1H3,(H,30,31,32)(H,33,34,35);;/q;2*+1/p-2. The third-order valence-electron chi connectivity index (χ3n) is 7.01. The molecule has 0 spiro atoms. The summed E-state index contributed by atoms with van der Waals surface area (Å²) in [7, 11) is -9.45. The molecule has 0 N–H and O–H groups in total. The van der Waals surface area contributed by atoms with Crippen molar-refractivity contribution in [3.8, 4) is 0 Å². The van der Waals surface area contributed by atoms with Gasteiger partial charge in [-0.05, 0) is 31.0 Å². The molecule has 13 heteroatoms. The first-order valence-electron chi connectivity index (χ1n) is 13.6. The summed E-state index contributed by atoms with van der Waals surface area (Å²) in [6, 6.07) is 3.55. The molecule has 1 unspecified atom stereocenters. The van der Waals surface area contributed by atoms with E-state index in [-0.39, 0.29) is 76.2 Å². The van der Waals surface area contributed by atoms with Crippen molar-refractivity contribution >= 4 is 37.0 Å². The maximum absolute atomic E-state index is 12.0. The maximum atomic E-state index is 12.0. The Morgan fingerprint density at radius 3 is 1.72 bits per heavy atom. The molecule has 0 amide bonds. The average molecular weight is 600 g/mol. The van der Waals surface area contributed by atoms with E-state index in [4.69, 9.17) is 0 Å². The van der Waals surface area contributed by atoms with Crippen molar-refractivity contribution < 1.29 is 85.1 Å². The molecule has 1 aromatic heterocycles. The van der Waals surface area contributed by atoms with E-state index in [1.54, 1.807) is 0 Å². The van der Waals surface area contributed by atoms with Crippen molar-refractivity contribution in [1.29, 1.82) is 0 Å². The van der Waals surface area contributed by atoms with Gasteiger partial charge >= 0.3 is 59.1 Å². The number of unbranched alkanes of at least 4 members (excludes halogenated alkanes) is 14. The molecular formula is C26H39N3Na2O6S2. The molecule has 3 rings (SSSR count). The number of hydrogen-bond donors (Lipinski definition) is 0. The molecule has 9 nitrogen and oxygen atoms in total. The van der Waals surface area contributed by atoms with Crippen LogP contribution < -0.4 is 59.1 Å². The smallest absolute Gasteiger partial charge is 0.747 e. The fourth-order valence-electron chi connectivity index (χ4n) is 4.98. The van der Waals surface area contributed by atoms with Gasteiger partial charge in [-0.15, -0.1) is 0 Å². The molecule has 1 aliphatic rings. The van der Waals surface area contributed by atoms with Crippen LogP contribution in [0.15, 0.2) is 28.2 Å². The third kappa shape index (κ3) is 11.4. The Morgan fingerprint density at radius 2 is 1.26 bits per heavy atom. The predicted octanol–water partition coefficient (Wildman–Crippen LogP) is 0.0139. The monoisotopic (exact) mass is 599 g/mol. The van der Waals surface area contributed by atoms with Gasteiger partial charge < -0.3 is 9.11 Å². The number of fused-ring (bicyclic) bond motifs is 3. The van der Waals surface area contributed by atoms with Gasteiger partial charge in [0.2, 0.25) is 0 Å².